The lowest BCUT2D eigenvalue weighted by atomic mass is 10.1. The van der Waals surface area contributed by atoms with Crippen LogP contribution in [0.4, 0.5) is 10.3 Å². The second-order valence-electron chi connectivity index (χ2n) is 12.0. The van der Waals surface area contributed by atoms with E-state index in [2.05, 4.69) is 35.2 Å². The molecular weight excluding hydrogens is 818 g/mol. The molecular formula is C29H30Cl2FN9O8P2S2. The number of H-pyrrole nitrogens is 1. The number of alkyl halides is 1. The highest BCUT2D eigenvalue weighted by Gasteiger charge is 2.50. The molecule has 24 heteroatoms. The second kappa shape index (κ2) is 16.2. The van der Waals surface area contributed by atoms with Crippen LogP contribution < -0.4 is 10.9 Å². The highest BCUT2D eigenvalue weighted by Crippen LogP contribution is 2.55. The minimum atomic E-state index is -4.22. The third kappa shape index (κ3) is 8.59. The fourth-order valence-corrected chi connectivity index (χ4v) is 10.1. The molecule has 1 fully saturated rings. The lowest BCUT2D eigenvalue weighted by Crippen LogP contribution is -2.32. The van der Waals surface area contributed by atoms with Crippen molar-refractivity contribution >= 4 is 94.9 Å². The highest BCUT2D eigenvalue weighted by molar-refractivity contribution is 8.52. The molecule has 0 aliphatic carbocycles. The minimum absolute atomic E-state index is 0.0578. The van der Waals surface area contributed by atoms with Gasteiger partial charge >= 0.3 is 6.72 Å². The van der Waals surface area contributed by atoms with Gasteiger partial charge in [-0.1, -0.05) is 54.5 Å². The van der Waals surface area contributed by atoms with E-state index in [4.69, 9.17) is 57.8 Å². The number of fused-ring (bicyclic) bond motifs is 6. The smallest absolute Gasteiger partial charge is 0.325 e. The fourth-order valence-electron chi connectivity index (χ4n) is 5.40. The van der Waals surface area contributed by atoms with Gasteiger partial charge in [0.15, 0.2) is 29.2 Å². The summed E-state index contributed by atoms with van der Waals surface area (Å²) in [7, 11) is -1.75. The molecule has 53 heavy (non-hydrogen) atoms. The van der Waals surface area contributed by atoms with Crippen molar-refractivity contribution in [3.8, 4) is 0 Å². The Labute approximate surface area is 320 Å². The van der Waals surface area contributed by atoms with Crippen molar-refractivity contribution in [1.29, 1.82) is 0 Å². The van der Waals surface area contributed by atoms with E-state index in [1.165, 1.54) is 34.8 Å². The van der Waals surface area contributed by atoms with Gasteiger partial charge in [0.1, 0.15) is 36.5 Å². The summed E-state index contributed by atoms with van der Waals surface area (Å²) in [4.78, 5) is 60.5. The molecule has 2 bridgehead atoms. The Bertz CT molecular complexity index is 2270. The Morgan fingerprint density at radius 1 is 1.26 bits per heavy atom. The van der Waals surface area contributed by atoms with Gasteiger partial charge in [0.25, 0.3) is 5.56 Å². The summed E-state index contributed by atoms with van der Waals surface area (Å²) in [5.41, 5.74) is 0.876. The average molecular weight is 849 g/mol. The van der Waals surface area contributed by atoms with Gasteiger partial charge in [0.05, 0.1) is 25.7 Å². The van der Waals surface area contributed by atoms with Crippen LogP contribution in [0, 0.1) is 5.92 Å². The monoisotopic (exact) mass is 847 g/mol. The fraction of sp³-hybridized carbons (Fsp3) is 0.414. The molecule has 1 aromatic carbocycles. The third-order valence-corrected chi connectivity index (χ3v) is 13.2. The Balaban J connectivity index is 1.22. The number of aromatic nitrogens is 8. The molecule has 4 aromatic heterocycles. The topological polar surface area (TPSA) is 203 Å². The van der Waals surface area contributed by atoms with E-state index in [-0.39, 0.29) is 43.5 Å². The molecule has 2 aliphatic heterocycles. The van der Waals surface area contributed by atoms with Gasteiger partial charge in [-0.2, -0.15) is 4.98 Å². The van der Waals surface area contributed by atoms with Gasteiger partial charge in [-0.3, -0.25) is 29.0 Å². The zero-order valence-electron chi connectivity index (χ0n) is 27.7. The maximum Gasteiger partial charge on any atom is 0.325 e. The summed E-state index contributed by atoms with van der Waals surface area (Å²) in [6.07, 6.45) is -2.11. The van der Waals surface area contributed by atoms with Crippen LogP contribution in [0.25, 0.3) is 22.3 Å². The van der Waals surface area contributed by atoms with E-state index in [0.29, 0.717) is 32.8 Å². The van der Waals surface area contributed by atoms with E-state index in [1.807, 2.05) is 0 Å². The number of imidazole rings is 2. The summed E-state index contributed by atoms with van der Waals surface area (Å²) < 4.78 is 49.7. The van der Waals surface area contributed by atoms with Crippen molar-refractivity contribution in [2.45, 2.75) is 57.4 Å². The van der Waals surface area contributed by atoms with E-state index >= 15 is 4.39 Å². The minimum Gasteiger partial charge on any atom is -0.346 e. The first kappa shape index (κ1) is 38.6. The molecule has 0 radical (unpaired) electrons. The average Bonchev–Trinajstić information content (AvgIpc) is 3.78. The maximum absolute atomic E-state index is 16.5. The van der Waals surface area contributed by atoms with Crippen LogP contribution in [0.15, 0.2) is 41.8 Å². The molecule has 6 heterocycles. The largest absolute Gasteiger partial charge is 0.346 e. The van der Waals surface area contributed by atoms with Crippen LogP contribution in [0.5, 0.6) is 0 Å². The van der Waals surface area contributed by atoms with Gasteiger partial charge in [0, 0.05) is 28.3 Å². The number of carbonyl (C=O) groups excluding carboxylic acids is 1. The number of rotatable bonds is 6. The lowest BCUT2D eigenvalue weighted by molar-refractivity contribution is -0.118. The number of amides is 1. The zero-order chi connectivity index (χ0) is 37.4. The zero-order valence-corrected chi connectivity index (χ0v) is 32.6. The molecule has 6 atom stereocenters. The van der Waals surface area contributed by atoms with Crippen LogP contribution in [0.2, 0.25) is 10.0 Å². The molecule has 0 spiro atoms. The number of hydrogen-bond acceptors (Lipinski definition) is 14. The van der Waals surface area contributed by atoms with Crippen molar-refractivity contribution in [3.63, 3.8) is 0 Å². The Hall–Kier alpha value is -2.71. The predicted molar refractivity (Wildman–Crippen MR) is 198 cm³/mol. The van der Waals surface area contributed by atoms with Crippen molar-refractivity contribution in [2.24, 2.45) is 5.92 Å². The molecule has 2 unspecified atom stereocenters. The van der Waals surface area contributed by atoms with Crippen LogP contribution in [-0.2, 0) is 58.3 Å². The first-order valence-corrected chi connectivity index (χ1v) is 22.0. The molecule has 282 valence electrons. The first-order valence-electron chi connectivity index (χ1n) is 15.9. The van der Waals surface area contributed by atoms with Gasteiger partial charge in [-0.05, 0) is 29.5 Å². The van der Waals surface area contributed by atoms with E-state index in [0.717, 1.165) is 5.56 Å². The highest BCUT2D eigenvalue weighted by atomic mass is 35.5. The second-order valence-corrected chi connectivity index (χ2v) is 18.8. The summed E-state index contributed by atoms with van der Waals surface area (Å²) in [5.74, 6) is -0.275. The number of aromatic amines is 1. The van der Waals surface area contributed by atoms with Gasteiger partial charge in [-0.25, -0.2) is 24.3 Å². The predicted octanol–water partition coefficient (Wildman–Crippen LogP) is 5.42. The van der Waals surface area contributed by atoms with Crippen LogP contribution >= 0.6 is 48.9 Å². The number of carbonyl (C=O) groups is 1. The standard InChI is InChI=1S/C29H30Cl2FN9O8P2S2/c1-14(2)26(42)38-29-37-25-22(27(43)39-29)35-13-41(25)28-23-21(32)19(48-28)9-46-50(53-11-15-3-4-16(30)7-17(15)31)45-6-5-40-20(10-47-51(44,52)49-23)36-18-8-33-12-34-24(18)40/h3-4,7-8,12-14,19,21,23,28H,5-6,9-11H2,1-2H3,(H,44,52)(H2,37,38,39,42,43)/t19-,21-,23-,28-,50?,51?/m1/s1. The van der Waals surface area contributed by atoms with E-state index in [9.17, 15) is 14.5 Å². The molecule has 2 aliphatic rings. The summed E-state index contributed by atoms with van der Waals surface area (Å²) in [6.45, 7) is -1.16. The summed E-state index contributed by atoms with van der Waals surface area (Å²) in [6, 6.07) is 5.15. The number of ether oxygens (including phenoxy) is 1. The van der Waals surface area contributed by atoms with E-state index in [1.54, 1.807) is 36.6 Å². The van der Waals surface area contributed by atoms with Crippen LogP contribution in [0.3, 0.4) is 0 Å². The SMILES string of the molecule is CC(C)C(=O)Nc1nc2c(ncn2[C@@H]2O[C@@H]3COP(SCc4ccc(Cl)cc4Cl)OCCn4c(nc5cncnc54)COP(O)(=S)O[C@@H]2[C@@H]3F)c(=O)[nH]1. The van der Waals surface area contributed by atoms with Crippen molar-refractivity contribution in [3.05, 3.63) is 68.8 Å². The number of hydrogen-bond donors (Lipinski definition) is 3. The first-order chi connectivity index (χ1) is 25.4. The quantitative estimate of drug-likeness (QED) is 0.183. The van der Waals surface area contributed by atoms with E-state index < -0.39 is 56.3 Å². The lowest BCUT2D eigenvalue weighted by Gasteiger charge is -2.25. The number of benzene rings is 1. The maximum atomic E-state index is 16.5. The van der Waals surface area contributed by atoms with Crippen molar-refractivity contribution in [1.82, 2.24) is 39.0 Å². The summed E-state index contributed by atoms with van der Waals surface area (Å²) >= 11 is 19.2. The Kier molecular flexibility index (Phi) is 11.8. The van der Waals surface area contributed by atoms with Crippen LogP contribution in [0.1, 0.15) is 31.5 Å². The third-order valence-electron chi connectivity index (χ3n) is 8.03. The van der Waals surface area contributed by atoms with Crippen LogP contribution in [-0.4, -0.2) is 81.4 Å². The Morgan fingerprint density at radius 3 is 2.89 bits per heavy atom. The molecule has 7 rings (SSSR count). The molecule has 1 amide bonds. The van der Waals surface area contributed by atoms with Crippen molar-refractivity contribution in [2.75, 3.05) is 18.5 Å². The van der Waals surface area contributed by atoms with Gasteiger partial charge < -0.3 is 27.8 Å². The number of anilines is 1. The number of halogens is 3. The number of nitrogens with zero attached hydrogens (tertiary/aromatic N) is 7. The van der Waals surface area contributed by atoms with Gasteiger partial charge in [0.2, 0.25) is 19.4 Å². The van der Waals surface area contributed by atoms with Gasteiger partial charge in [-0.15, -0.1) is 0 Å². The Morgan fingerprint density at radius 2 is 2.09 bits per heavy atom. The molecule has 1 saturated heterocycles. The molecule has 5 aromatic rings. The molecule has 0 saturated carbocycles. The van der Waals surface area contributed by atoms with Crippen molar-refractivity contribution < 1.29 is 36.9 Å². The molecule has 3 N–H and O–H groups in total. The normalized spacial score (nSPS) is 25.7. The summed E-state index contributed by atoms with van der Waals surface area (Å²) in [5, 5.41) is 3.49. The number of nitrogens with one attached hydrogen (secondary N) is 2. The molecule has 17 nitrogen and oxygen atoms in total.